The molecule has 1 unspecified atom stereocenters. The summed E-state index contributed by atoms with van der Waals surface area (Å²) in [5.74, 6) is -0.0710. The monoisotopic (exact) mass is 476 g/mol. The molecular weight excluding hydrogens is 436 g/mol. The number of thioether (sulfide) groups is 1. The predicted molar refractivity (Wildman–Crippen MR) is 134 cm³/mol. The largest absolute Gasteiger partial charge is 0.392 e. The molecule has 2 heterocycles. The van der Waals surface area contributed by atoms with Crippen molar-refractivity contribution in [2.45, 2.75) is 97.4 Å². The van der Waals surface area contributed by atoms with E-state index in [1.165, 1.54) is 5.57 Å². The summed E-state index contributed by atoms with van der Waals surface area (Å²) in [4.78, 5) is 30.7. The molecule has 1 aliphatic carbocycles. The normalized spacial score (nSPS) is 41.0. The highest BCUT2D eigenvalue weighted by molar-refractivity contribution is 8.14. The molecule has 0 saturated heterocycles. The molecule has 0 aromatic rings. The third-order valence-electron chi connectivity index (χ3n) is 7.72. The maximum absolute atomic E-state index is 13.1. The van der Waals surface area contributed by atoms with E-state index in [-0.39, 0.29) is 36.1 Å². The second-order valence-corrected chi connectivity index (χ2v) is 11.7. The van der Waals surface area contributed by atoms with Gasteiger partial charge in [0.2, 0.25) is 5.91 Å². The number of Topliss-reactive ketones (excluding diaryl/α,β-unsaturated/α-hetero) is 1. The van der Waals surface area contributed by atoms with Crippen molar-refractivity contribution in [1.82, 2.24) is 5.32 Å². The Kier molecular flexibility index (Phi) is 8.62. The topological polar surface area (TPSA) is 99.0 Å². The third kappa shape index (κ3) is 6.17. The molecule has 33 heavy (non-hydrogen) atoms. The van der Waals surface area contributed by atoms with Crippen LogP contribution in [0.15, 0.2) is 28.3 Å². The van der Waals surface area contributed by atoms with Crippen LogP contribution in [0.2, 0.25) is 0 Å². The highest BCUT2D eigenvalue weighted by atomic mass is 32.2. The fraction of sp³-hybridized carbons (Fsp3) is 0.731. The van der Waals surface area contributed by atoms with Gasteiger partial charge in [-0.15, -0.1) is 11.8 Å². The summed E-state index contributed by atoms with van der Waals surface area (Å²) >= 11 is 1.75. The molecule has 7 heteroatoms. The van der Waals surface area contributed by atoms with Crippen molar-refractivity contribution >= 4 is 28.5 Å². The van der Waals surface area contributed by atoms with Gasteiger partial charge in [0.25, 0.3) is 0 Å². The summed E-state index contributed by atoms with van der Waals surface area (Å²) in [6, 6.07) is -0.0492. The molecule has 2 bridgehead atoms. The Morgan fingerprint density at radius 2 is 2.00 bits per heavy atom. The summed E-state index contributed by atoms with van der Waals surface area (Å²) in [7, 11) is 0. The Morgan fingerprint density at radius 1 is 1.27 bits per heavy atom. The Labute approximate surface area is 202 Å². The fourth-order valence-corrected chi connectivity index (χ4v) is 6.35. The average Bonchev–Trinajstić information content (AvgIpc) is 3.16. The van der Waals surface area contributed by atoms with E-state index in [2.05, 4.69) is 29.4 Å². The third-order valence-corrected chi connectivity index (χ3v) is 8.75. The zero-order valence-electron chi connectivity index (χ0n) is 20.6. The molecule has 0 radical (unpaired) electrons. The van der Waals surface area contributed by atoms with Crippen LogP contribution in [0.4, 0.5) is 0 Å². The number of hydrogen-bond donors (Lipinski definition) is 3. The first-order valence-electron chi connectivity index (χ1n) is 12.2. The molecule has 0 aromatic carbocycles. The zero-order valence-corrected chi connectivity index (χ0v) is 21.5. The van der Waals surface area contributed by atoms with Crippen molar-refractivity contribution < 1.29 is 19.8 Å². The van der Waals surface area contributed by atoms with E-state index in [4.69, 9.17) is 0 Å². The van der Waals surface area contributed by atoms with Gasteiger partial charge in [-0.1, -0.05) is 37.1 Å². The van der Waals surface area contributed by atoms with Crippen LogP contribution in [0.1, 0.15) is 73.1 Å². The number of aliphatic hydroxyl groups excluding tert-OH is 2. The van der Waals surface area contributed by atoms with Gasteiger partial charge in [0.1, 0.15) is 5.78 Å². The quantitative estimate of drug-likeness (QED) is 0.526. The number of carbonyl (C=O) groups is 2. The number of carbonyl (C=O) groups excluding carboxylic acids is 2. The maximum Gasteiger partial charge on any atom is 0.223 e. The first-order chi connectivity index (χ1) is 15.5. The molecule has 3 aliphatic rings. The van der Waals surface area contributed by atoms with Crippen LogP contribution in [0.3, 0.4) is 0 Å². The number of fused-ring (bicyclic) bond motifs is 2. The van der Waals surface area contributed by atoms with Crippen molar-refractivity contribution in [2.75, 3.05) is 5.75 Å². The van der Waals surface area contributed by atoms with Crippen molar-refractivity contribution in [1.29, 1.82) is 0 Å². The van der Waals surface area contributed by atoms with Gasteiger partial charge in [-0.25, -0.2) is 0 Å². The Bertz CT molecular complexity index is 851. The first kappa shape index (κ1) is 26.2. The lowest BCUT2D eigenvalue weighted by atomic mass is 9.60. The Hall–Kier alpha value is -1.44. The minimum atomic E-state index is -1.08. The van der Waals surface area contributed by atoms with Gasteiger partial charge in [-0.3, -0.25) is 14.6 Å². The van der Waals surface area contributed by atoms with E-state index in [1.54, 1.807) is 25.6 Å². The number of amides is 1. The number of nitrogens with one attached hydrogen (secondary N) is 1. The smallest absolute Gasteiger partial charge is 0.223 e. The molecule has 3 N–H and O–H groups in total. The molecular formula is C26H40N2O4S. The summed E-state index contributed by atoms with van der Waals surface area (Å²) in [5.41, 5.74) is 1.26. The van der Waals surface area contributed by atoms with E-state index in [9.17, 15) is 19.8 Å². The highest BCUT2D eigenvalue weighted by Gasteiger charge is 2.51. The van der Waals surface area contributed by atoms with Crippen molar-refractivity contribution in [3.63, 3.8) is 0 Å². The number of aliphatic hydroxyl groups is 2. The van der Waals surface area contributed by atoms with E-state index in [0.717, 1.165) is 35.6 Å². The van der Waals surface area contributed by atoms with Crippen molar-refractivity contribution in [3.05, 3.63) is 23.3 Å². The molecule has 7 atom stereocenters. The number of ketones is 1. The summed E-state index contributed by atoms with van der Waals surface area (Å²) in [5, 5.41) is 25.9. The molecule has 2 aliphatic heterocycles. The molecule has 0 aromatic heterocycles. The average molecular weight is 477 g/mol. The molecule has 1 fully saturated rings. The SMILES string of the molecule is CC1=NC(/C=C(\C)[C@@H]2C/C(C)=C\CCC[C@@H]3C[C@@](C)(C(=O)[C@H](C)[C@H]3O)[C@@H](O)CC(=O)N2)CS1. The fourth-order valence-electron chi connectivity index (χ4n) is 5.56. The van der Waals surface area contributed by atoms with Gasteiger partial charge in [-0.2, -0.15) is 0 Å². The van der Waals surface area contributed by atoms with Crippen LogP contribution in [0.25, 0.3) is 0 Å². The molecule has 3 rings (SSSR count). The second-order valence-electron chi connectivity index (χ2n) is 10.5. The van der Waals surface area contributed by atoms with E-state index < -0.39 is 23.5 Å². The van der Waals surface area contributed by atoms with Crippen LogP contribution in [0, 0.1) is 17.3 Å². The van der Waals surface area contributed by atoms with Gasteiger partial charge in [0, 0.05) is 11.7 Å². The first-order valence-corrected chi connectivity index (χ1v) is 13.2. The van der Waals surface area contributed by atoms with Gasteiger partial charge >= 0.3 is 0 Å². The molecule has 0 spiro atoms. The van der Waals surface area contributed by atoms with Gasteiger partial charge in [-0.05, 0) is 58.8 Å². The van der Waals surface area contributed by atoms with Crippen LogP contribution >= 0.6 is 11.8 Å². The highest BCUT2D eigenvalue weighted by Crippen LogP contribution is 2.44. The number of hydrogen-bond acceptors (Lipinski definition) is 6. The van der Waals surface area contributed by atoms with Gasteiger partial charge in [0.05, 0.1) is 41.2 Å². The lowest BCUT2D eigenvalue weighted by Gasteiger charge is -2.45. The number of nitrogens with zero attached hydrogens (tertiary/aromatic N) is 1. The predicted octanol–water partition coefficient (Wildman–Crippen LogP) is 3.81. The molecule has 1 saturated carbocycles. The minimum Gasteiger partial charge on any atom is -0.392 e. The standard InChI is InChI=1S/C26H40N2O4S/c1-15-8-6-7-9-19-13-26(5,25(32)17(3)24(19)31)22(29)12-23(30)28-21(10-15)16(2)11-20-14-33-18(4)27-20/h8,11,17,19-22,24,29,31H,6-7,9-10,12-14H2,1-5H3,(H,28,30)/b15-8-,16-11+/t17-,19-,20?,21+,22+,24-,26-/m1/s1. The van der Waals surface area contributed by atoms with E-state index >= 15 is 0 Å². The number of allylic oxidation sites excluding steroid dienone is 1. The number of rotatable bonds is 2. The minimum absolute atomic E-state index is 0.0525. The van der Waals surface area contributed by atoms with Crippen LogP contribution in [-0.2, 0) is 9.59 Å². The zero-order chi connectivity index (χ0) is 24.3. The van der Waals surface area contributed by atoms with Crippen LogP contribution in [-0.4, -0.2) is 57.0 Å². The van der Waals surface area contributed by atoms with Crippen molar-refractivity contribution in [2.24, 2.45) is 22.2 Å². The summed E-state index contributed by atoms with van der Waals surface area (Å²) in [6.07, 6.45) is 6.20. The molecule has 6 nitrogen and oxygen atoms in total. The Morgan fingerprint density at radius 3 is 2.67 bits per heavy atom. The Balaban J connectivity index is 1.85. The molecule has 1 amide bonds. The van der Waals surface area contributed by atoms with Crippen molar-refractivity contribution in [3.8, 4) is 0 Å². The molecule has 184 valence electrons. The number of aliphatic imine (C=N–C) groups is 1. The summed E-state index contributed by atoms with van der Waals surface area (Å²) in [6.45, 7) is 9.65. The van der Waals surface area contributed by atoms with Crippen LogP contribution < -0.4 is 5.32 Å². The lowest BCUT2D eigenvalue weighted by molar-refractivity contribution is -0.156. The summed E-state index contributed by atoms with van der Waals surface area (Å²) < 4.78 is 0. The lowest BCUT2D eigenvalue weighted by Crippen LogP contribution is -2.54. The second kappa shape index (κ2) is 10.9. The van der Waals surface area contributed by atoms with Crippen LogP contribution in [0.5, 0.6) is 0 Å². The van der Waals surface area contributed by atoms with E-state index in [1.807, 2.05) is 13.8 Å². The van der Waals surface area contributed by atoms with Gasteiger partial charge < -0.3 is 15.5 Å². The maximum atomic E-state index is 13.1. The van der Waals surface area contributed by atoms with Gasteiger partial charge in [0.15, 0.2) is 0 Å². The van der Waals surface area contributed by atoms with E-state index in [0.29, 0.717) is 12.8 Å².